The monoisotopic (exact) mass is 417 g/mol. The van der Waals surface area contributed by atoms with E-state index in [0.29, 0.717) is 38.3 Å². The second-order valence-electron chi connectivity index (χ2n) is 10.0. The molecule has 8 nitrogen and oxygen atoms in total. The van der Waals surface area contributed by atoms with E-state index in [1.165, 1.54) is 12.0 Å². The zero-order chi connectivity index (χ0) is 21.5. The van der Waals surface area contributed by atoms with Crippen molar-refractivity contribution in [3.05, 3.63) is 11.3 Å². The fraction of sp³-hybridized carbons (Fsp3) is 0.773. The number of anilines is 1. The summed E-state index contributed by atoms with van der Waals surface area (Å²) in [4.78, 5) is 27.6. The fourth-order valence-electron chi connectivity index (χ4n) is 5.02. The highest BCUT2D eigenvalue weighted by Gasteiger charge is 2.39. The van der Waals surface area contributed by atoms with Crippen molar-refractivity contribution in [2.75, 3.05) is 44.7 Å². The van der Waals surface area contributed by atoms with Gasteiger partial charge >= 0.3 is 12.1 Å². The van der Waals surface area contributed by atoms with Crippen LogP contribution in [0.1, 0.15) is 51.3 Å². The molecule has 1 aliphatic carbocycles. The molecule has 2 unspecified atom stereocenters. The minimum Gasteiger partial charge on any atom is -0.465 e. The quantitative estimate of drug-likeness (QED) is 0.806. The summed E-state index contributed by atoms with van der Waals surface area (Å²) in [6.07, 6.45) is 4.55. The predicted octanol–water partition coefficient (Wildman–Crippen LogP) is 2.65. The number of ether oxygens (including phenoxy) is 1. The van der Waals surface area contributed by atoms with Crippen LogP contribution in [-0.4, -0.2) is 82.9 Å². The number of carbonyl (C=O) groups is 1. The number of carboxylic acid groups (broad SMARTS) is 1. The number of amides is 1. The third-order valence-electron chi connectivity index (χ3n) is 6.89. The highest BCUT2D eigenvalue weighted by atomic mass is 16.5. The van der Waals surface area contributed by atoms with Crippen LogP contribution in [0.15, 0.2) is 0 Å². The van der Waals surface area contributed by atoms with Crippen LogP contribution < -0.4 is 9.64 Å². The number of likely N-dealkylation sites (tertiary alicyclic amines) is 1. The number of hydrogen-bond donors (Lipinski definition) is 1. The first-order chi connectivity index (χ1) is 14.2. The molecular weight excluding hydrogens is 382 g/mol. The van der Waals surface area contributed by atoms with Gasteiger partial charge in [0.15, 0.2) is 0 Å². The molecule has 2 saturated heterocycles. The number of likely N-dealkylation sites (N-methyl/N-ethyl adjacent to an activating group) is 1. The smallest absolute Gasteiger partial charge is 0.407 e. The lowest BCUT2D eigenvalue weighted by Crippen LogP contribution is -2.59. The van der Waals surface area contributed by atoms with E-state index in [1.54, 1.807) is 4.90 Å². The Hall–Kier alpha value is -2.09. The molecule has 1 aromatic rings. The molecule has 0 aromatic carbocycles. The van der Waals surface area contributed by atoms with Gasteiger partial charge < -0.3 is 24.5 Å². The molecule has 1 N–H and O–H groups in total. The van der Waals surface area contributed by atoms with Gasteiger partial charge in [-0.05, 0) is 51.1 Å². The summed E-state index contributed by atoms with van der Waals surface area (Å²) in [5.74, 6) is 0.951. The van der Waals surface area contributed by atoms with Crippen LogP contribution in [0.25, 0.3) is 0 Å². The number of rotatable bonds is 4. The number of piperazine rings is 1. The second kappa shape index (κ2) is 8.21. The summed E-state index contributed by atoms with van der Waals surface area (Å²) in [5, 5.41) is 9.68. The van der Waals surface area contributed by atoms with Crippen molar-refractivity contribution in [2.24, 2.45) is 5.41 Å². The summed E-state index contributed by atoms with van der Waals surface area (Å²) >= 11 is 0. The van der Waals surface area contributed by atoms with Gasteiger partial charge in [0.1, 0.15) is 12.4 Å². The molecule has 4 rings (SSSR count). The summed E-state index contributed by atoms with van der Waals surface area (Å²) in [6.45, 7) is 9.82. The van der Waals surface area contributed by atoms with Crippen LogP contribution in [0.5, 0.6) is 6.01 Å². The first-order valence-corrected chi connectivity index (χ1v) is 11.2. The van der Waals surface area contributed by atoms with E-state index in [4.69, 9.17) is 14.7 Å². The Morgan fingerprint density at radius 1 is 1.17 bits per heavy atom. The Bertz CT molecular complexity index is 794. The summed E-state index contributed by atoms with van der Waals surface area (Å²) in [6, 6.07) is 0.806. The van der Waals surface area contributed by atoms with Crippen molar-refractivity contribution in [3.8, 4) is 6.01 Å². The molecule has 0 saturated carbocycles. The lowest BCUT2D eigenvalue weighted by atomic mass is 9.84. The maximum Gasteiger partial charge on any atom is 0.407 e. The lowest BCUT2D eigenvalue weighted by molar-refractivity contribution is 0.0746. The molecule has 2 fully saturated rings. The topological polar surface area (TPSA) is 82.0 Å². The molecule has 166 valence electrons. The van der Waals surface area contributed by atoms with Crippen LogP contribution in [0.2, 0.25) is 0 Å². The van der Waals surface area contributed by atoms with Gasteiger partial charge in [-0.3, -0.25) is 0 Å². The van der Waals surface area contributed by atoms with E-state index in [-0.39, 0.29) is 11.5 Å². The molecule has 1 aromatic heterocycles. The largest absolute Gasteiger partial charge is 0.465 e. The van der Waals surface area contributed by atoms with Gasteiger partial charge in [0.2, 0.25) is 0 Å². The summed E-state index contributed by atoms with van der Waals surface area (Å²) in [5.41, 5.74) is 2.17. The minimum absolute atomic E-state index is 0.0905. The van der Waals surface area contributed by atoms with Crippen LogP contribution >= 0.6 is 0 Å². The number of aryl methyl sites for hydroxylation is 1. The lowest BCUT2D eigenvalue weighted by Gasteiger charge is -2.46. The molecule has 3 heterocycles. The van der Waals surface area contributed by atoms with Gasteiger partial charge in [-0.25, -0.2) is 4.79 Å². The van der Waals surface area contributed by atoms with E-state index in [1.807, 2.05) is 0 Å². The number of hydrogen-bond acceptors (Lipinski definition) is 6. The van der Waals surface area contributed by atoms with Crippen molar-refractivity contribution >= 4 is 11.9 Å². The molecule has 1 amide bonds. The Morgan fingerprint density at radius 3 is 2.63 bits per heavy atom. The number of nitrogens with zero attached hydrogens (tertiary/aromatic N) is 5. The molecule has 0 bridgehead atoms. The van der Waals surface area contributed by atoms with Crippen LogP contribution in [0.3, 0.4) is 0 Å². The van der Waals surface area contributed by atoms with Crippen molar-refractivity contribution in [1.29, 1.82) is 0 Å². The highest BCUT2D eigenvalue weighted by Crippen LogP contribution is 2.35. The molecule has 8 heteroatoms. The first kappa shape index (κ1) is 21.2. The van der Waals surface area contributed by atoms with Crippen LogP contribution in [0.4, 0.5) is 10.6 Å². The van der Waals surface area contributed by atoms with Gasteiger partial charge in [0.25, 0.3) is 0 Å². The third kappa shape index (κ3) is 4.19. The molecule has 2 atom stereocenters. The molecule has 30 heavy (non-hydrogen) atoms. The van der Waals surface area contributed by atoms with E-state index in [0.717, 1.165) is 43.7 Å². The Morgan fingerprint density at radius 2 is 1.97 bits per heavy atom. The number of fused-ring (bicyclic) bond motifs is 1. The molecule has 0 spiro atoms. The average molecular weight is 418 g/mol. The normalized spacial score (nSPS) is 24.9. The van der Waals surface area contributed by atoms with Gasteiger partial charge in [-0.2, -0.15) is 9.97 Å². The minimum atomic E-state index is -0.841. The van der Waals surface area contributed by atoms with Crippen molar-refractivity contribution in [3.63, 3.8) is 0 Å². The van der Waals surface area contributed by atoms with Gasteiger partial charge in [-0.1, -0.05) is 20.8 Å². The zero-order valence-electron chi connectivity index (χ0n) is 18.7. The van der Waals surface area contributed by atoms with Crippen LogP contribution in [0, 0.1) is 5.41 Å². The van der Waals surface area contributed by atoms with Crippen molar-refractivity contribution in [1.82, 2.24) is 19.8 Å². The fourth-order valence-corrected chi connectivity index (χ4v) is 5.02. The predicted molar refractivity (Wildman–Crippen MR) is 115 cm³/mol. The Balaban J connectivity index is 1.57. The van der Waals surface area contributed by atoms with Crippen molar-refractivity contribution < 1.29 is 14.6 Å². The van der Waals surface area contributed by atoms with Crippen LogP contribution in [-0.2, 0) is 12.8 Å². The molecule has 0 radical (unpaired) electrons. The van der Waals surface area contributed by atoms with Crippen molar-refractivity contribution in [2.45, 2.75) is 65.0 Å². The summed E-state index contributed by atoms with van der Waals surface area (Å²) in [7, 11) is 2.14. The van der Waals surface area contributed by atoms with Gasteiger partial charge in [0, 0.05) is 31.2 Å². The standard InChI is InChI=1S/C22H35N5O3/c1-22(2,3)18-13-26(11-12-27(18)21(28)29)19-16-8-5-9-17(16)23-20(24-19)30-14-15-7-6-10-25(15)4/h15,18H,5-14H2,1-4H3,(H,28,29). The van der Waals surface area contributed by atoms with E-state index in [2.05, 4.69) is 37.6 Å². The second-order valence-corrected chi connectivity index (χ2v) is 10.0. The molecule has 3 aliphatic rings. The maximum atomic E-state index is 11.8. The average Bonchev–Trinajstić information content (AvgIpc) is 3.33. The Kier molecular flexibility index (Phi) is 5.79. The zero-order valence-corrected chi connectivity index (χ0v) is 18.7. The maximum absolute atomic E-state index is 11.8. The third-order valence-corrected chi connectivity index (χ3v) is 6.89. The molecule has 2 aliphatic heterocycles. The van der Waals surface area contributed by atoms with Gasteiger partial charge in [0.05, 0.1) is 11.7 Å². The van der Waals surface area contributed by atoms with E-state index in [9.17, 15) is 9.90 Å². The van der Waals surface area contributed by atoms with E-state index >= 15 is 0 Å². The summed E-state index contributed by atoms with van der Waals surface area (Å²) < 4.78 is 6.08. The van der Waals surface area contributed by atoms with E-state index < -0.39 is 6.09 Å². The highest BCUT2D eigenvalue weighted by molar-refractivity contribution is 5.66. The SMILES string of the molecule is CN1CCCC1COc1nc2c(c(N3CCN(C(=O)O)C(C(C)(C)C)C3)n1)CCC2. The Labute approximate surface area is 179 Å². The van der Waals surface area contributed by atoms with Gasteiger partial charge in [-0.15, -0.1) is 0 Å². The number of aromatic nitrogens is 2. The molecular formula is C22H35N5O3. The first-order valence-electron chi connectivity index (χ1n) is 11.2.